The first-order valence-electron chi connectivity index (χ1n) is 3.66. The second-order valence-corrected chi connectivity index (χ2v) is 2.43. The van der Waals surface area contributed by atoms with Crippen LogP contribution in [-0.4, -0.2) is 15.0 Å². The molecule has 2 aromatic heterocycles. The molecule has 0 atom stereocenters. The van der Waals surface area contributed by atoms with E-state index in [1.54, 1.807) is 37.1 Å². The minimum atomic E-state index is 0.544. The van der Waals surface area contributed by atoms with Gasteiger partial charge in [-0.2, -0.15) is 0 Å². The maximum atomic E-state index is 5.43. The van der Waals surface area contributed by atoms with E-state index < -0.39 is 0 Å². The summed E-state index contributed by atoms with van der Waals surface area (Å²) in [6.07, 6.45) is 8.21. The number of pyridine rings is 1. The Hall–Kier alpha value is -1.48. The third-order valence-electron chi connectivity index (χ3n) is 1.11. The fourth-order valence-electron chi connectivity index (χ4n) is 0.595. The van der Waals surface area contributed by atoms with Crippen molar-refractivity contribution in [2.75, 3.05) is 0 Å². The van der Waals surface area contributed by atoms with Crippen LogP contribution < -0.4 is 0 Å². The molecule has 0 aliphatic rings. The van der Waals surface area contributed by atoms with Gasteiger partial charge in [0, 0.05) is 31.0 Å². The standard InChI is InChI=1S/C5H4ClN.C4H4N2/c6-5-3-1-2-4-7-5;1-2-6-4-3-5-1/h1-4H;1-4H. The van der Waals surface area contributed by atoms with Gasteiger partial charge in [-0.25, -0.2) is 4.98 Å². The SMILES string of the molecule is Clc1ccccn1.c1cnccn1. The highest BCUT2D eigenvalue weighted by Crippen LogP contribution is 1.98. The molecule has 0 saturated carbocycles. The van der Waals surface area contributed by atoms with Crippen molar-refractivity contribution in [1.29, 1.82) is 0 Å². The van der Waals surface area contributed by atoms with E-state index in [-0.39, 0.29) is 0 Å². The molecule has 2 rings (SSSR count). The largest absolute Gasteiger partial charge is 0.262 e. The van der Waals surface area contributed by atoms with Crippen LogP contribution >= 0.6 is 11.6 Å². The van der Waals surface area contributed by atoms with E-state index >= 15 is 0 Å². The molecular weight excluding hydrogens is 186 g/mol. The second-order valence-electron chi connectivity index (χ2n) is 2.05. The Labute approximate surface area is 81.5 Å². The molecule has 66 valence electrons. The summed E-state index contributed by atoms with van der Waals surface area (Å²) >= 11 is 5.43. The minimum Gasteiger partial charge on any atom is -0.262 e. The number of hydrogen-bond acceptors (Lipinski definition) is 3. The first-order chi connectivity index (χ1) is 6.39. The molecule has 0 radical (unpaired) electrons. The van der Waals surface area contributed by atoms with E-state index in [0.29, 0.717) is 5.15 Å². The first kappa shape index (κ1) is 9.61. The van der Waals surface area contributed by atoms with Crippen molar-refractivity contribution >= 4 is 11.6 Å². The van der Waals surface area contributed by atoms with Crippen molar-refractivity contribution in [2.24, 2.45) is 0 Å². The van der Waals surface area contributed by atoms with Crippen LogP contribution in [0.25, 0.3) is 0 Å². The molecule has 3 nitrogen and oxygen atoms in total. The van der Waals surface area contributed by atoms with Gasteiger partial charge in [0.15, 0.2) is 0 Å². The lowest BCUT2D eigenvalue weighted by atomic mass is 10.5. The molecular formula is C9H8ClN3. The summed E-state index contributed by atoms with van der Waals surface area (Å²) in [7, 11) is 0. The second kappa shape index (κ2) is 6.08. The predicted octanol–water partition coefficient (Wildman–Crippen LogP) is 2.21. The van der Waals surface area contributed by atoms with Crippen molar-refractivity contribution in [2.45, 2.75) is 0 Å². The third-order valence-corrected chi connectivity index (χ3v) is 1.33. The van der Waals surface area contributed by atoms with Crippen molar-refractivity contribution < 1.29 is 0 Å². The molecule has 0 aliphatic carbocycles. The number of halogens is 1. The monoisotopic (exact) mass is 193 g/mol. The van der Waals surface area contributed by atoms with E-state index in [1.165, 1.54) is 0 Å². The minimum absolute atomic E-state index is 0.544. The van der Waals surface area contributed by atoms with Crippen LogP contribution in [0.5, 0.6) is 0 Å². The van der Waals surface area contributed by atoms with Crippen molar-refractivity contribution in [1.82, 2.24) is 15.0 Å². The quantitative estimate of drug-likeness (QED) is 0.603. The van der Waals surface area contributed by atoms with Gasteiger partial charge >= 0.3 is 0 Å². The van der Waals surface area contributed by atoms with Crippen molar-refractivity contribution in [3.05, 3.63) is 54.3 Å². The fraction of sp³-hybridized carbons (Fsp3) is 0. The molecule has 0 saturated heterocycles. The zero-order chi connectivity index (χ0) is 9.36. The maximum Gasteiger partial charge on any atom is 0.129 e. The maximum absolute atomic E-state index is 5.43. The van der Waals surface area contributed by atoms with Crippen molar-refractivity contribution in [3.8, 4) is 0 Å². The normalized spacial score (nSPS) is 8.38. The average Bonchev–Trinajstić information content (AvgIpc) is 2.22. The highest BCUT2D eigenvalue weighted by Gasteiger charge is 1.76. The summed E-state index contributed by atoms with van der Waals surface area (Å²) in [5, 5.41) is 0.544. The topological polar surface area (TPSA) is 38.7 Å². The lowest BCUT2D eigenvalue weighted by Gasteiger charge is -1.79. The molecule has 0 aromatic carbocycles. The molecule has 4 heteroatoms. The lowest BCUT2D eigenvalue weighted by molar-refractivity contribution is 1.20. The van der Waals surface area contributed by atoms with Crippen LogP contribution in [0.1, 0.15) is 0 Å². The molecule has 2 heterocycles. The van der Waals surface area contributed by atoms with Gasteiger partial charge in [-0.3, -0.25) is 9.97 Å². The Morgan fingerprint density at radius 3 is 1.69 bits per heavy atom. The Kier molecular flexibility index (Phi) is 4.49. The van der Waals surface area contributed by atoms with Crippen LogP contribution in [0, 0.1) is 0 Å². The van der Waals surface area contributed by atoms with E-state index in [2.05, 4.69) is 15.0 Å². The molecule has 0 N–H and O–H groups in total. The summed E-state index contributed by atoms with van der Waals surface area (Å²) in [5.74, 6) is 0. The molecule has 0 spiro atoms. The van der Waals surface area contributed by atoms with E-state index in [1.807, 2.05) is 12.1 Å². The summed E-state index contributed by atoms with van der Waals surface area (Å²) in [5.41, 5.74) is 0. The Morgan fingerprint density at radius 1 is 0.846 bits per heavy atom. The molecule has 0 amide bonds. The first-order valence-corrected chi connectivity index (χ1v) is 4.04. The smallest absolute Gasteiger partial charge is 0.129 e. The average molecular weight is 194 g/mol. The van der Waals surface area contributed by atoms with Gasteiger partial charge in [0.2, 0.25) is 0 Å². The Bertz CT molecular complexity index is 285. The molecule has 0 unspecified atom stereocenters. The highest BCUT2D eigenvalue weighted by molar-refractivity contribution is 6.29. The van der Waals surface area contributed by atoms with Crippen LogP contribution in [0.2, 0.25) is 5.15 Å². The Morgan fingerprint density at radius 2 is 1.46 bits per heavy atom. The third kappa shape index (κ3) is 4.87. The Balaban J connectivity index is 0.000000132. The van der Waals surface area contributed by atoms with Gasteiger partial charge in [0.05, 0.1) is 0 Å². The van der Waals surface area contributed by atoms with Crippen LogP contribution in [0.3, 0.4) is 0 Å². The van der Waals surface area contributed by atoms with Crippen LogP contribution in [0.15, 0.2) is 49.2 Å². The highest BCUT2D eigenvalue weighted by atomic mass is 35.5. The summed E-state index contributed by atoms with van der Waals surface area (Å²) in [4.78, 5) is 11.2. The molecule has 2 aromatic rings. The van der Waals surface area contributed by atoms with Gasteiger partial charge < -0.3 is 0 Å². The summed E-state index contributed by atoms with van der Waals surface area (Å²) in [6, 6.07) is 5.41. The molecule has 0 aliphatic heterocycles. The van der Waals surface area contributed by atoms with Gasteiger partial charge in [-0.15, -0.1) is 0 Å². The van der Waals surface area contributed by atoms with Gasteiger partial charge in [0.25, 0.3) is 0 Å². The van der Waals surface area contributed by atoms with E-state index in [9.17, 15) is 0 Å². The number of nitrogens with zero attached hydrogens (tertiary/aromatic N) is 3. The van der Waals surface area contributed by atoms with Gasteiger partial charge in [-0.1, -0.05) is 17.7 Å². The number of hydrogen-bond donors (Lipinski definition) is 0. The zero-order valence-corrected chi connectivity index (χ0v) is 7.59. The van der Waals surface area contributed by atoms with Crippen molar-refractivity contribution in [3.63, 3.8) is 0 Å². The molecule has 0 fully saturated rings. The van der Waals surface area contributed by atoms with Crippen LogP contribution in [-0.2, 0) is 0 Å². The predicted molar refractivity (Wildman–Crippen MR) is 51.3 cm³/mol. The molecule has 0 bridgehead atoms. The van der Waals surface area contributed by atoms with Crippen LogP contribution in [0.4, 0.5) is 0 Å². The number of aromatic nitrogens is 3. The van der Waals surface area contributed by atoms with Gasteiger partial charge in [-0.05, 0) is 12.1 Å². The van der Waals surface area contributed by atoms with Gasteiger partial charge in [0.1, 0.15) is 5.15 Å². The number of rotatable bonds is 0. The lowest BCUT2D eigenvalue weighted by Crippen LogP contribution is -1.66. The summed E-state index contributed by atoms with van der Waals surface area (Å²) in [6.45, 7) is 0. The van der Waals surface area contributed by atoms with E-state index in [4.69, 9.17) is 11.6 Å². The zero-order valence-electron chi connectivity index (χ0n) is 6.84. The van der Waals surface area contributed by atoms with E-state index in [0.717, 1.165) is 0 Å². The molecule has 13 heavy (non-hydrogen) atoms. The summed E-state index contributed by atoms with van der Waals surface area (Å²) < 4.78 is 0. The fourth-order valence-corrected chi connectivity index (χ4v) is 0.724.